The molecule has 3 aromatic rings. The molecule has 0 radical (unpaired) electrons. The van der Waals surface area contributed by atoms with E-state index in [1.54, 1.807) is 6.20 Å². The second-order valence-corrected chi connectivity index (χ2v) is 8.61. The first-order valence-corrected chi connectivity index (χ1v) is 10.4. The van der Waals surface area contributed by atoms with Gasteiger partial charge in [-0.15, -0.1) is 0 Å². The number of carboxylic acids is 1. The standard InChI is InChI=1S/C21H23N7O3/c22-18-17-19(25-11-24-18)26-12-28(20(17)31)14-1-2-15(23-10-14)27-5-3-21(4-6-27)8-13(9-21)7-16(29)30/h1-2,10-13H,3-9H2,(H,29,30)(H2,22,24,25). The van der Waals surface area contributed by atoms with Crippen LogP contribution in [0.15, 0.2) is 35.8 Å². The number of aliphatic carboxylic acids is 1. The maximum atomic E-state index is 12.8. The van der Waals surface area contributed by atoms with E-state index in [1.807, 2.05) is 12.1 Å². The van der Waals surface area contributed by atoms with E-state index in [0.717, 1.165) is 44.6 Å². The molecule has 0 unspecified atom stereocenters. The van der Waals surface area contributed by atoms with E-state index in [2.05, 4.69) is 24.8 Å². The van der Waals surface area contributed by atoms with E-state index in [-0.39, 0.29) is 28.8 Å². The smallest absolute Gasteiger partial charge is 0.303 e. The molecule has 1 saturated heterocycles. The Morgan fingerprint density at radius 1 is 1.16 bits per heavy atom. The highest BCUT2D eigenvalue weighted by atomic mass is 16.4. The van der Waals surface area contributed by atoms with Gasteiger partial charge in [-0.25, -0.2) is 19.9 Å². The number of pyridine rings is 1. The van der Waals surface area contributed by atoms with Crippen LogP contribution in [-0.4, -0.2) is 48.7 Å². The zero-order valence-corrected chi connectivity index (χ0v) is 16.9. The number of carbonyl (C=O) groups is 1. The minimum Gasteiger partial charge on any atom is -0.481 e. The Morgan fingerprint density at radius 3 is 2.61 bits per heavy atom. The van der Waals surface area contributed by atoms with Crippen LogP contribution in [0.4, 0.5) is 11.6 Å². The number of hydrogen-bond acceptors (Lipinski definition) is 8. The van der Waals surface area contributed by atoms with Gasteiger partial charge in [0.1, 0.15) is 29.7 Å². The van der Waals surface area contributed by atoms with Crippen molar-refractivity contribution in [3.63, 3.8) is 0 Å². The number of nitrogens with zero attached hydrogens (tertiary/aromatic N) is 6. The van der Waals surface area contributed by atoms with Crippen LogP contribution in [0.1, 0.15) is 32.1 Å². The number of nitrogen functional groups attached to an aromatic ring is 1. The largest absolute Gasteiger partial charge is 0.481 e. The Kier molecular flexibility index (Phi) is 4.57. The van der Waals surface area contributed by atoms with Gasteiger partial charge in [0.15, 0.2) is 5.65 Å². The molecule has 31 heavy (non-hydrogen) atoms. The summed E-state index contributed by atoms with van der Waals surface area (Å²) in [6.07, 6.45) is 8.79. The Hall–Kier alpha value is -3.56. The van der Waals surface area contributed by atoms with Gasteiger partial charge in [0.25, 0.3) is 5.56 Å². The highest BCUT2D eigenvalue weighted by molar-refractivity contribution is 5.83. The minimum atomic E-state index is -0.697. The van der Waals surface area contributed by atoms with E-state index in [9.17, 15) is 9.59 Å². The average molecular weight is 421 g/mol. The van der Waals surface area contributed by atoms with Gasteiger partial charge >= 0.3 is 5.97 Å². The van der Waals surface area contributed by atoms with Gasteiger partial charge in [0, 0.05) is 19.5 Å². The molecule has 0 atom stereocenters. The van der Waals surface area contributed by atoms with Crippen molar-refractivity contribution in [3.8, 4) is 5.69 Å². The number of aromatic nitrogens is 5. The molecular formula is C21H23N7O3. The molecular weight excluding hydrogens is 398 g/mol. The van der Waals surface area contributed by atoms with Crippen LogP contribution in [0, 0.1) is 11.3 Å². The van der Waals surface area contributed by atoms with Gasteiger partial charge in [0.05, 0.1) is 11.9 Å². The number of nitrogens with two attached hydrogens (primary N) is 1. The number of anilines is 2. The molecule has 2 fully saturated rings. The molecule has 1 saturated carbocycles. The molecule has 0 aromatic carbocycles. The molecule has 1 aliphatic carbocycles. The molecule has 0 bridgehead atoms. The summed E-state index contributed by atoms with van der Waals surface area (Å²) in [5.74, 6) is 0.599. The summed E-state index contributed by atoms with van der Waals surface area (Å²) in [4.78, 5) is 42.6. The molecule has 3 aromatic heterocycles. The lowest BCUT2D eigenvalue weighted by atomic mass is 9.57. The van der Waals surface area contributed by atoms with Crippen molar-refractivity contribution < 1.29 is 9.90 Å². The number of carboxylic acid groups (broad SMARTS) is 1. The fourth-order valence-corrected chi connectivity index (χ4v) is 5.04. The fourth-order valence-electron chi connectivity index (χ4n) is 5.04. The van der Waals surface area contributed by atoms with Gasteiger partial charge in [-0.05, 0) is 49.1 Å². The number of hydrogen-bond donors (Lipinski definition) is 2. The summed E-state index contributed by atoms with van der Waals surface area (Å²) in [6.45, 7) is 1.80. The van der Waals surface area contributed by atoms with Gasteiger partial charge in [-0.2, -0.15) is 0 Å². The summed E-state index contributed by atoms with van der Waals surface area (Å²) < 4.78 is 1.39. The molecule has 1 aliphatic heterocycles. The number of rotatable bonds is 4. The topological polar surface area (TPSA) is 140 Å². The summed E-state index contributed by atoms with van der Waals surface area (Å²) >= 11 is 0. The first kappa shape index (κ1) is 19.4. The lowest BCUT2D eigenvalue weighted by molar-refractivity contribution is -0.140. The van der Waals surface area contributed by atoms with Gasteiger partial charge < -0.3 is 15.7 Å². The van der Waals surface area contributed by atoms with E-state index >= 15 is 0 Å². The van der Waals surface area contributed by atoms with Crippen LogP contribution < -0.4 is 16.2 Å². The van der Waals surface area contributed by atoms with Crippen molar-refractivity contribution >= 4 is 28.6 Å². The van der Waals surface area contributed by atoms with E-state index in [1.165, 1.54) is 17.2 Å². The number of piperidine rings is 1. The van der Waals surface area contributed by atoms with Crippen molar-refractivity contribution in [2.24, 2.45) is 11.3 Å². The Bertz CT molecular complexity index is 1190. The van der Waals surface area contributed by atoms with Crippen molar-refractivity contribution in [3.05, 3.63) is 41.3 Å². The zero-order valence-electron chi connectivity index (χ0n) is 16.9. The van der Waals surface area contributed by atoms with E-state index in [4.69, 9.17) is 10.8 Å². The van der Waals surface area contributed by atoms with Crippen molar-refractivity contribution in [2.45, 2.75) is 32.1 Å². The predicted octanol–water partition coefficient (Wildman–Crippen LogP) is 1.62. The minimum absolute atomic E-state index is 0.102. The highest BCUT2D eigenvalue weighted by Crippen LogP contribution is 2.53. The average Bonchev–Trinajstić information content (AvgIpc) is 2.73. The number of fused-ring (bicyclic) bond motifs is 1. The third-order valence-electron chi connectivity index (χ3n) is 6.65. The summed E-state index contributed by atoms with van der Waals surface area (Å²) in [5.41, 5.74) is 6.67. The quantitative estimate of drug-likeness (QED) is 0.643. The summed E-state index contributed by atoms with van der Waals surface area (Å²) in [7, 11) is 0. The molecule has 5 rings (SSSR count). The normalized spacial score (nSPS) is 18.3. The second-order valence-electron chi connectivity index (χ2n) is 8.61. The first-order valence-electron chi connectivity index (χ1n) is 10.4. The Balaban J connectivity index is 1.29. The molecule has 0 amide bonds. The highest BCUT2D eigenvalue weighted by Gasteiger charge is 2.46. The third kappa shape index (κ3) is 3.47. The molecule has 4 heterocycles. The maximum absolute atomic E-state index is 12.8. The second kappa shape index (κ2) is 7.29. The third-order valence-corrected chi connectivity index (χ3v) is 6.65. The lowest BCUT2D eigenvalue weighted by Gasteiger charge is -2.52. The van der Waals surface area contributed by atoms with E-state index < -0.39 is 5.97 Å². The Morgan fingerprint density at radius 2 is 1.94 bits per heavy atom. The molecule has 10 heteroatoms. The molecule has 10 nitrogen and oxygen atoms in total. The molecule has 160 valence electrons. The van der Waals surface area contributed by atoms with Crippen LogP contribution in [0.2, 0.25) is 0 Å². The summed E-state index contributed by atoms with van der Waals surface area (Å²) in [5, 5.41) is 9.15. The van der Waals surface area contributed by atoms with E-state index in [0.29, 0.717) is 17.0 Å². The Labute approximate surface area is 177 Å². The first-order chi connectivity index (χ1) is 14.9. The van der Waals surface area contributed by atoms with Crippen LogP contribution >= 0.6 is 0 Å². The molecule has 2 aliphatic rings. The van der Waals surface area contributed by atoms with Gasteiger partial charge in [-0.1, -0.05) is 0 Å². The molecule has 1 spiro atoms. The summed E-state index contributed by atoms with van der Waals surface area (Å²) in [6, 6.07) is 3.75. The van der Waals surface area contributed by atoms with Crippen LogP contribution in [0.3, 0.4) is 0 Å². The van der Waals surface area contributed by atoms with Crippen LogP contribution in [-0.2, 0) is 4.79 Å². The fraction of sp³-hybridized carbons (Fsp3) is 0.429. The molecule has 3 N–H and O–H groups in total. The van der Waals surface area contributed by atoms with Gasteiger partial charge in [0.2, 0.25) is 0 Å². The van der Waals surface area contributed by atoms with Gasteiger partial charge in [-0.3, -0.25) is 14.2 Å². The van der Waals surface area contributed by atoms with Crippen molar-refractivity contribution in [1.82, 2.24) is 24.5 Å². The van der Waals surface area contributed by atoms with Crippen molar-refractivity contribution in [1.29, 1.82) is 0 Å². The van der Waals surface area contributed by atoms with Crippen LogP contribution in [0.25, 0.3) is 16.7 Å². The monoisotopic (exact) mass is 421 g/mol. The SMILES string of the molecule is Nc1ncnc2ncn(-c3ccc(N4CCC5(CC4)CC(CC(=O)O)C5)nc3)c(=O)c12. The lowest BCUT2D eigenvalue weighted by Crippen LogP contribution is -2.47. The van der Waals surface area contributed by atoms with Crippen LogP contribution in [0.5, 0.6) is 0 Å². The van der Waals surface area contributed by atoms with Crippen molar-refractivity contribution in [2.75, 3.05) is 23.7 Å². The zero-order chi connectivity index (χ0) is 21.6. The maximum Gasteiger partial charge on any atom is 0.303 e. The predicted molar refractivity (Wildman–Crippen MR) is 114 cm³/mol.